The first kappa shape index (κ1) is 8.24. The minimum atomic E-state index is -0.0670. The molecule has 12 heavy (non-hydrogen) atoms. The second-order valence-electron chi connectivity index (χ2n) is 4.60. The van der Waals surface area contributed by atoms with Gasteiger partial charge in [0.25, 0.3) is 0 Å². The molecule has 0 N–H and O–H groups in total. The Kier molecular flexibility index (Phi) is 1.59. The lowest BCUT2D eigenvalue weighted by atomic mass is 9.77. The summed E-state index contributed by atoms with van der Waals surface area (Å²) in [5.74, 6) is 1.08. The number of fused-ring (bicyclic) bond motifs is 1. The third-order valence-electron chi connectivity index (χ3n) is 3.26. The second-order valence-corrected chi connectivity index (χ2v) is 4.60. The molecule has 0 amide bonds. The Morgan fingerprint density at radius 2 is 2.25 bits per heavy atom. The highest BCUT2D eigenvalue weighted by atomic mass is 16.6. The molecular formula is C10H16O2. The van der Waals surface area contributed by atoms with E-state index in [4.69, 9.17) is 4.74 Å². The van der Waals surface area contributed by atoms with Crippen LogP contribution in [0, 0.1) is 11.8 Å². The third kappa shape index (κ3) is 1.01. The quantitative estimate of drug-likeness (QED) is 0.558. The monoisotopic (exact) mass is 168 g/mol. The first-order valence-corrected chi connectivity index (χ1v) is 4.76. The number of carbonyl (C=O) groups is 1. The average molecular weight is 168 g/mol. The van der Waals surface area contributed by atoms with Crippen LogP contribution >= 0.6 is 0 Å². The number of ketones is 1. The van der Waals surface area contributed by atoms with Crippen LogP contribution in [0.25, 0.3) is 0 Å². The number of Topliss-reactive ketones (excluding diaryl/α,β-unsaturated/α-hetero) is 1. The number of hydrogen-bond acceptors (Lipinski definition) is 2. The zero-order valence-corrected chi connectivity index (χ0v) is 7.96. The summed E-state index contributed by atoms with van der Waals surface area (Å²) in [5, 5.41) is 0. The van der Waals surface area contributed by atoms with E-state index in [1.54, 1.807) is 0 Å². The van der Waals surface area contributed by atoms with Crippen molar-refractivity contribution < 1.29 is 9.53 Å². The third-order valence-corrected chi connectivity index (χ3v) is 3.26. The van der Waals surface area contributed by atoms with Gasteiger partial charge >= 0.3 is 0 Å². The van der Waals surface area contributed by atoms with E-state index in [0.717, 1.165) is 12.8 Å². The fourth-order valence-corrected chi connectivity index (χ4v) is 2.22. The van der Waals surface area contributed by atoms with Gasteiger partial charge in [0.05, 0.1) is 5.60 Å². The van der Waals surface area contributed by atoms with Crippen LogP contribution in [0.1, 0.15) is 33.6 Å². The highest BCUT2D eigenvalue weighted by molar-refractivity contribution is 5.90. The Hall–Kier alpha value is -0.370. The van der Waals surface area contributed by atoms with Gasteiger partial charge in [0.2, 0.25) is 0 Å². The number of hydrogen-bond donors (Lipinski definition) is 0. The van der Waals surface area contributed by atoms with Gasteiger partial charge in [0, 0.05) is 5.92 Å². The molecule has 68 valence electrons. The molecule has 3 unspecified atom stereocenters. The molecule has 3 atom stereocenters. The second kappa shape index (κ2) is 2.32. The molecule has 2 aliphatic rings. The van der Waals surface area contributed by atoms with Crippen molar-refractivity contribution in [3.8, 4) is 0 Å². The number of ether oxygens (including phenoxy) is 1. The Morgan fingerprint density at radius 1 is 1.58 bits per heavy atom. The topological polar surface area (TPSA) is 29.6 Å². The molecule has 2 nitrogen and oxygen atoms in total. The first-order chi connectivity index (χ1) is 5.54. The molecule has 0 aromatic carbocycles. The summed E-state index contributed by atoms with van der Waals surface area (Å²) < 4.78 is 5.41. The summed E-state index contributed by atoms with van der Waals surface area (Å²) in [6.07, 6.45) is 2.02. The molecule has 1 heterocycles. The van der Waals surface area contributed by atoms with Gasteiger partial charge in [-0.1, -0.05) is 13.8 Å². The van der Waals surface area contributed by atoms with E-state index in [1.807, 2.05) is 6.92 Å². The number of rotatable bonds is 1. The van der Waals surface area contributed by atoms with Crippen LogP contribution in [0.5, 0.6) is 0 Å². The number of epoxide rings is 1. The zero-order valence-electron chi connectivity index (χ0n) is 7.96. The van der Waals surface area contributed by atoms with Gasteiger partial charge < -0.3 is 4.74 Å². The maximum absolute atomic E-state index is 11.7. The highest BCUT2D eigenvalue weighted by Crippen LogP contribution is 2.48. The summed E-state index contributed by atoms with van der Waals surface area (Å²) in [7, 11) is 0. The predicted molar refractivity (Wildman–Crippen MR) is 45.8 cm³/mol. The molecule has 0 radical (unpaired) electrons. The van der Waals surface area contributed by atoms with Gasteiger partial charge in [-0.3, -0.25) is 4.79 Å². The Labute approximate surface area is 73.3 Å². The van der Waals surface area contributed by atoms with Crippen LogP contribution in [0.2, 0.25) is 0 Å². The fourth-order valence-electron chi connectivity index (χ4n) is 2.22. The molecule has 0 spiro atoms. The summed E-state index contributed by atoms with van der Waals surface area (Å²) in [4.78, 5) is 11.7. The molecule has 1 saturated heterocycles. The standard InChI is InChI=1S/C10H16O2/c1-6(2)7-4-5-10(3)9(12-10)8(7)11/h6-7,9H,4-5H2,1-3H3. The van der Waals surface area contributed by atoms with Crippen molar-refractivity contribution in [1.82, 2.24) is 0 Å². The van der Waals surface area contributed by atoms with Crippen LogP contribution < -0.4 is 0 Å². The van der Waals surface area contributed by atoms with Gasteiger partial charge in [-0.2, -0.15) is 0 Å². The summed E-state index contributed by atoms with van der Waals surface area (Å²) in [6.45, 7) is 6.29. The molecule has 2 fully saturated rings. The molecule has 0 bridgehead atoms. The van der Waals surface area contributed by atoms with E-state index in [2.05, 4.69) is 13.8 Å². The zero-order chi connectivity index (χ0) is 8.93. The molecule has 1 aliphatic carbocycles. The summed E-state index contributed by atoms with van der Waals surface area (Å²) in [5.41, 5.74) is -0.0670. The Balaban J connectivity index is 2.10. The van der Waals surface area contributed by atoms with Gasteiger partial charge in [0.15, 0.2) is 5.78 Å². The van der Waals surface area contributed by atoms with E-state index in [-0.39, 0.29) is 17.6 Å². The van der Waals surface area contributed by atoms with Crippen molar-refractivity contribution >= 4 is 5.78 Å². The minimum absolute atomic E-state index is 0.0568. The minimum Gasteiger partial charge on any atom is -0.358 e. The predicted octanol–water partition coefficient (Wildman–Crippen LogP) is 1.78. The normalized spacial score (nSPS) is 46.2. The van der Waals surface area contributed by atoms with E-state index in [9.17, 15) is 4.79 Å². The largest absolute Gasteiger partial charge is 0.358 e. The van der Waals surface area contributed by atoms with Crippen molar-refractivity contribution in [2.24, 2.45) is 11.8 Å². The van der Waals surface area contributed by atoms with Crippen molar-refractivity contribution in [1.29, 1.82) is 0 Å². The maximum Gasteiger partial charge on any atom is 0.167 e. The molecular weight excluding hydrogens is 152 g/mol. The van der Waals surface area contributed by atoms with Gasteiger partial charge in [-0.15, -0.1) is 0 Å². The molecule has 2 heteroatoms. The van der Waals surface area contributed by atoms with Crippen LogP contribution in [0.4, 0.5) is 0 Å². The number of carbonyl (C=O) groups excluding carboxylic acids is 1. The van der Waals surface area contributed by atoms with Crippen molar-refractivity contribution in [2.45, 2.75) is 45.3 Å². The van der Waals surface area contributed by atoms with Crippen LogP contribution in [0.3, 0.4) is 0 Å². The summed E-state index contributed by atoms with van der Waals surface area (Å²) >= 11 is 0. The van der Waals surface area contributed by atoms with E-state index in [1.165, 1.54) is 0 Å². The van der Waals surface area contributed by atoms with E-state index >= 15 is 0 Å². The van der Waals surface area contributed by atoms with Gasteiger partial charge in [-0.05, 0) is 25.7 Å². The molecule has 1 saturated carbocycles. The maximum atomic E-state index is 11.7. The molecule has 1 aliphatic heterocycles. The Morgan fingerprint density at radius 3 is 2.83 bits per heavy atom. The SMILES string of the molecule is CC(C)C1CCC2(C)OC2C1=O. The average Bonchev–Trinajstić information content (AvgIpc) is 2.62. The van der Waals surface area contributed by atoms with Gasteiger partial charge in [0.1, 0.15) is 6.10 Å². The van der Waals surface area contributed by atoms with Crippen LogP contribution in [-0.4, -0.2) is 17.5 Å². The molecule has 0 aromatic heterocycles. The van der Waals surface area contributed by atoms with Crippen molar-refractivity contribution in [2.75, 3.05) is 0 Å². The first-order valence-electron chi connectivity index (χ1n) is 4.76. The smallest absolute Gasteiger partial charge is 0.167 e. The van der Waals surface area contributed by atoms with Crippen LogP contribution in [-0.2, 0) is 9.53 Å². The lowest BCUT2D eigenvalue weighted by molar-refractivity contribution is -0.126. The van der Waals surface area contributed by atoms with Crippen LogP contribution in [0.15, 0.2) is 0 Å². The summed E-state index contributed by atoms with van der Waals surface area (Å²) in [6, 6.07) is 0. The lowest BCUT2D eigenvalue weighted by Gasteiger charge is -2.23. The van der Waals surface area contributed by atoms with E-state index in [0.29, 0.717) is 11.7 Å². The molecule has 0 aromatic rings. The lowest BCUT2D eigenvalue weighted by Crippen LogP contribution is -2.34. The van der Waals surface area contributed by atoms with E-state index < -0.39 is 0 Å². The van der Waals surface area contributed by atoms with Gasteiger partial charge in [-0.25, -0.2) is 0 Å². The fraction of sp³-hybridized carbons (Fsp3) is 0.900. The highest BCUT2D eigenvalue weighted by Gasteiger charge is 2.60. The Bertz CT molecular complexity index is 222. The molecule has 2 rings (SSSR count). The van der Waals surface area contributed by atoms with Crippen molar-refractivity contribution in [3.63, 3.8) is 0 Å². The van der Waals surface area contributed by atoms with Crippen molar-refractivity contribution in [3.05, 3.63) is 0 Å².